The van der Waals surface area contributed by atoms with Crippen molar-refractivity contribution in [2.45, 2.75) is 12.8 Å². The van der Waals surface area contributed by atoms with Gasteiger partial charge in [0.05, 0.1) is 6.61 Å². The highest BCUT2D eigenvalue weighted by atomic mass is 32.1. The second-order valence-electron chi connectivity index (χ2n) is 3.12. The summed E-state index contributed by atoms with van der Waals surface area (Å²) in [5, 5.41) is 4.01. The molecule has 0 aliphatic rings. The first-order valence-corrected chi connectivity index (χ1v) is 6.09. The van der Waals surface area contributed by atoms with Gasteiger partial charge in [-0.15, -0.1) is 11.3 Å². The quantitative estimate of drug-likeness (QED) is 0.610. The lowest BCUT2D eigenvalue weighted by molar-refractivity contribution is 0.0941. The van der Waals surface area contributed by atoms with E-state index in [-0.39, 0.29) is 0 Å². The first kappa shape index (κ1) is 12.5. The highest BCUT2D eigenvalue weighted by molar-refractivity contribution is 7.08. The summed E-state index contributed by atoms with van der Waals surface area (Å²) in [6.07, 6.45) is 1.89. The molecule has 0 spiro atoms. The maximum absolute atomic E-state index is 5.48. The van der Waals surface area contributed by atoms with Gasteiger partial charge < -0.3 is 14.2 Å². The highest BCUT2D eigenvalue weighted by Crippen LogP contribution is 2.14. The number of thiophene rings is 1. The van der Waals surface area contributed by atoms with E-state index in [9.17, 15) is 0 Å². The second-order valence-corrected chi connectivity index (χ2v) is 3.90. The van der Waals surface area contributed by atoms with E-state index in [1.807, 2.05) is 16.8 Å². The van der Waals surface area contributed by atoms with Crippen molar-refractivity contribution in [1.82, 2.24) is 0 Å². The number of hydrogen-bond donors (Lipinski definition) is 0. The van der Waals surface area contributed by atoms with Crippen LogP contribution in [0.25, 0.3) is 0 Å². The third-order valence-electron chi connectivity index (χ3n) is 1.83. The molecular weight excluding hydrogens is 212 g/mol. The normalized spacial score (nSPS) is 10.5. The minimum atomic E-state index is 0.723. The smallest absolute Gasteiger partial charge is 0.129 e. The molecule has 1 aromatic rings. The van der Waals surface area contributed by atoms with Crippen LogP contribution in [-0.2, 0) is 9.47 Å². The SMILES string of the molecule is COCCCOCCCOc1ccsc1. The van der Waals surface area contributed by atoms with Gasteiger partial charge in [-0.05, 0) is 17.9 Å². The monoisotopic (exact) mass is 230 g/mol. The molecule has 86 valence electrons. The van der Waals surface area contributed by atoms with Gasteiger partial charge >= 0.3 is 0 Å². The van der Waals surface area contributed by atoms with Crippen molar-refractivity contribution in [2.75, 3.05) is 33.5 Å². The predicted molar refractivity (Wildman–Crippen MR) is 61.7 cm³/mol. The summed E-state index contributed by atoms with van der Waals surface area (Å²) in [4.78, 5) is 0. The molecule has 0 radical (unpaired) electrons. The Kier molecular flexibility index (Phi) is 7.25. The van der Waals surface area contributed by atoms with Gasteiger partial charge in [0.2, 0.25) is 0 Å². The highest BCUT2D eigenvalue weighted by Gasteiger charge is 1.93. The fraction of sp³-hybridized carbons (Fsp3) is 0.636. The van der Waals surface area contributed by atoms with Crippen molar-refractivity contribution in [3.05, 3.63) is 16.8 Å². The number of rotatable bonds is 9. The maximum atomic E-state index is 5.48. The molecule has 0 atom stereocenters. The first-order chi connectivity index (χ1) is 7.43. The van der Waals surface area contributed by atoms with E-state index in [1.54, 1.807) is 18.4 Å². The van der Waals surface area contributed by atoms with Gasteiger partial charge in [0.15, 0.2) is 0 Å². The molecule has 0 N–H and O–H groups in total. The van der Waals surface area contributed by atoms with E-state index in [2.05, 4.69) is 0 Å². The molecule has 0 unspecified atom stereocenters. The minimum absolute atomic E-state index is 0.723. The average molecular weight is 230 g/mol. The lowest BCUT2D eigenvalue weighted by Gasteiger charge is -2.05. The molecule has 1 heterocycles. The summed E-state index contributed by atoms with van der Waals surface area (Å²) >= 11 is 1.65. The fourth-order valence-electron chi connectivity index (χ4n) is 1.09. The zero-order valence-corrected chi connectivity index (χ0v) is 9.92. The van der Waals surface area contributed by atoms with E-state index >= 15 is 0 Å². The van der Waals surface area contributed by atoms with E-state index in [0.29, 0.717) is 0 Å². The van der Waals surface area contributed by atoms with Crippen LogP contribution in [0.1, 0.15) is 12.8 Å². The van der Waals surface area contributed by atoms with E-state index < -0.39 is 0 Å². The summed E-state index contributed by atoms with van der Waals surface area (Å²) in [6, 6.07) is 1.98. The van der Waals surface area contributed by atoms with Gasteiger partial charge in [0.25, 0.3) is 0 Å². The van der Waals surface area contributed by atoms with Gasteiger partial charge in [-0.3, -0.25) is 0 Å². The van der Waals surface area contributed by atoms with E-state index in [0.717, 1.165) is 45.0 Å². The van der Waals surface area contributed by atoms with Crippen molar-refractivity contribution in [3.8, 4) is 5.75 Å². The molecule has 0 aliphatic heterocycles. The molecule has 0 fully saturated rings. The maximum Gasteiger partial charge on any atom is 0.129 e. The van der Waals surface area contributed by atoms with E-state index in [4.69, 9.17) is 14.2 Å². The topological polar surface area (TPSA) is 27.7 Å². The lowest BCUT2D eigenvalue weighted by Crippen LogP contribution is -2.04. The van der Waals surface area contributed by atoms with Crippen LogP contribution in [0.15, 0.2) is 16.8 Å². The van der Waals surface area contributed by atoms with Crippen LogP contribution in [0.3, 0.4) is 0 Å². The van der Waals surface area contributed by atoms with Crippen LogP contribution >= 0.6 is 11.3 Å². The molecule has 1 aromatic heterocycles. The summed E-state index contributed by atoms with van der Waals surface area (Å²) in [5.41, 5.74) is 0. The number of ether oxygens (including phenoxy) is 3. The lowest BCUT2D eigenvalue weighted by atomic mass is 10.4. The Labute approximate surface area is 95.0 Å². The van der Waals surface area contributed by atoms with Gasteiger partial charge in [-0.25, -0.2) is 0 Å². The Morgan fingerprint density at radius 2 is 1.93 bits per heavy atom. The van der Waals surface area contributed by atoms with Crippen molar-refractivity contribution < 1.29 is 14.2 Å². The van der Waals surface area contributed by atoms with Crippen LogP contribution in [0, 0.1) is 0 Å². The van der Waals surface area contributed by atoms with Crippen LogP contribution in [0.5, 0.6) is 5.75 Å². The van der Waals surface area contributed by atoms with Gasteiger partial charge in [-0.1, -0.05) is 0 Å². The van der Waals surface area contributed by atoms with Crippen LogP contribution < -0.4 is 4.74 Å². The molecule has 0 saturated heterocycles. The Hall–Kier alpha value is -0.580. The number of methoxy groups -OCH3 is 1. The summed E-state index contributed by atoms with van der Waals surface area (Å²) < 4.78 is 15.8. The minimum Gasteiger partial charge on any atom is -0.493 e. The third-order valence-corrected chi connectivity index (χ3v) is 2.50. The van der Waals surface area contributed by atoms with Crippen LogP contribution in [-0.4, -0.2) is 33.5 Å². The zero-order valence-electron chi connectivity index (χ0n) is 9.11. The molecule has 4 heteroatoms. The van der Waals surface area contributed by atoms with Gasteiger partial charge in [0, 0.05) is 38.7 Å². The Morgan fingerprint density at radius 1 is 1.13 bits per heavy atom. The molecule has 0 amide bonds. The van der Waals surface area contributed by atoms with Crippen molar-refractivity contribution in [2.24, 2.45) is 0 Å². The number of hydrogen-bond acceptors (Lipinski definition) is 4. The van der Waals surface area contributed by atoms with Crippen molar-refractivity contribution in [3.63, 3.8) is 0 Å². The Balaban J connectivity index is 1.81. The zero-order chi connectivity index (χ0) is 10.8. The average Bonchev–Trinajstić information content (AvgIpc) is 2.75. The summed E-state index contributed by atoms with van der Waals surface area (Å²) in [6.45, 7) is 3.02. The molecule has 15 heavy (non-hydrogen) atoms. The standard InChI is InChI=1S/C11H18O3S/c1-12-5-2-6-13-7-3-8-14-11-4-9-15-10-11/h4,9-10H,2-3,5-8H2,1H3. The van der Waals surface area contributed by atoms with Crippen molar-refractivity contribution >= 4 is 11.3 Å². The summed E-state index contributed by atoms with van der Waals surface area (Å²) in [7, 11) is 1.70. The predicted octanol–water partition coefficient (Wildman–Crippen LogP) is 2.57. The summed E-state index contributed by atoms with van der Waals surface area (Å²) in [5.74, 6) is 0.958. The molecule has 0 aromatic carbocycles. The second kappa shape index (κ2) is 8.71. The first-order valence-electron chi connectivity index (χ1n) is 5.15. The third kappa shape index (κ3) is 6.49. The molecule has 0 aliphatic carbocycles. The Morgan fingerprint density at radius 3 is 2.60 bits per heavy atom. The van der Waals surface area contributed by atoms with Gasteiger partial charge in [-0.2, -0.15) is 0 Å². The van der Waals surface area contributed by atoms with Crippen LogP contribution in [0.2, 0.25) is 0 Å². The van der Waals surface area contributed by atoms with Crippen LogP contribution in [0.4, 0.5) is 0 Å². The molecule has 0 saturated carbocycles. The molecular formula is C11H18O3S. The van der Waals surface area contributed by atoms with Gasteiger partial charge in [0.1, 0.15) is 5.75 Å². The molecule has 1 rings (SSSR count). The Bertz CT molecular complexity index is 224. The largest absolute Gasteiger partial charge is 0.493 e. The van der Waals surface area contributed by atoms with Crippen molar-refractivity contribution in [1.29, 1.82) is 0 Å². The fourth-order valence-corrected chi connectivity index (χ4v) is 1.66. The molecule has 0 bridgehead atoms. The molecule has 3 nitrogen and oxygen atoms in total. The van der Waals surface area contributed by atoms with E-state index in [1.165, 1.54) is 0 Å².